The summed E-state index contributed by atoms with van der Waals surface area (Å²) in [4.78, 5) is 16.7. The van der Waals surface area contributed by atoms with Gasteiger partial charge in [-0.15, -0.1) is 0 Å². The lowest BCUT2D eigenvalue weighted by molar-refractivity contribution is -0.132. The average molecular weight is 269 g/mol. The molecule has 0 radical (unpaired) electrons. The van der Waals surface area contributed by atoms with Gasteiger partial charge in [0.05, 0.1) is 6.54 Å². The van der Waals surface area contributed by atoms with E-state index >= 15 is 0 Å². The molecular formula is C15H31N3O. The summed E-state index contributed by atoms with van der Waals surface area (Å²) in [6.07, 6.45) is 6.57. The summed E-state index contributed by atoms with van der Waals surface area (Å²) in [6.45, 7) is 8.72. The largest absolute Gasteiger partial charge is 0.342 e. The fraction of sp³-hybridized carbons (Fsp3) is 0.933. The van der Waals surface area contributed by atoms with Crippen LogP contribution >= 0.6 is 0 Å². The van der Waals surface area contributed by atoms with Crippen molar-refractivity contribution in [3.05, 3.63) is 0 Å². The highest BCUT2D eigenvalue weighted by Gasteiger charge is 2.20. The molecule has 0 aromatic carbocycles. The molecule has 1 aliphatic rings. The molecule has 0 atom stereocenters. The maximum atomic E-state index is 12.4. The molecule has 1 amide bonds. The number of piperidine rings is 1. The van der Waals surface area contributed by atoms with Crippen molar-refractivity contribution in [1.29, 1.82) is 0 Å². The number of unbranched alkanes of at least 4 members (excludes halogenated alkanes) is 2. The minimum Gasteiger partial charge on any atom is -0.342 e. The van der Waals surface area contributed by atoms with Crippen molar-refractivity contribution >= 4 is 5.91 Å². The lowest BCUT2D eigenvalue weighted by Gasteiger charge is -2.32. The van der Waals surface area contributed by atoms with Crippen LogP contribution in [0.5, 0.6) is 0 Å². The smallest absolute Gasteiger partial charge is 0.236 e. The van der Waals surface area contributed by atoms with Crippen molar-refractivity contribution in [1.82, 2.24) is 9.80 Å². The molecule has 1 aliphatic heterocycles. The highest BCUT2D eigenvalue weighted by molar-refractivity contribution is 5.78. The summed E-state index contributed by atoms with van der Waals surface area (Å²) in [7, 11) is 0. The number of nitrogens with two attached hydrogens (primary N) is 1. The van der Waals surface area contributed by atoms with Gasteiger partial charge in [0.1, 0.15) is 0 Å². The van der Waals surface area contributed by atoms with Gasteiger partial charge in [-0.3, -0.25) is 9.69 Å². The Morgan fingerprint density at radius 2 is 1.68 bits per heavy atom. The number of hydrogen-bond donors (Lipinski definition) is 1. The normalized spacial score (nSPS) is 17.6. The molecule has 4 heteroatoms. The molecule has 0 aliphatic carbocycles. The molecule has 19 heavy (non-hydrogen) atoms. The zero-order valence-electron chi connectivity index (χ0n) is 12.7. The van der Waals surface area contributed by atoms with Gasteiger partial charge in [0, 0.05) is 32.2 Å². The van der Waals surface area contributed by atoms with Gasteiger partial charge >= 0.3 is 0 Å². The highest BCUT2D eigenvalue weighted by Crippen LogP contribution is 2.09. The Kier molecular flexibility index (Phi) is 8.07. The third-order valence-corrected chi connectivity index (χ3v) is 3.91. The van der Waals surface area contributed by atoms with Crippen LogP contribution in [-0.4, -0.2) is 54.5 Å². The molecule has 0 unspecified atom stereocenters. The maximum Gasteiger partial charge on any atom is 0.236 e. The maximum absolute atomic E-state index is 12.4. The first kappa shape index (κ1) is 16.4. The van der Waals surface area contributed by atoms with Crippen molar-refractivity contribution in [3.8, 4) is 0 Å². The van der Waals surface area contributed by atoms with E-state index in [0.717, 1.165) is 64.7 Å². The average Bonchev–Trinajstić information content (AvgIpc) is 2.41. The Balaban J connectivity index is 2.36. The van der Waals surface area contributed by atoms with Gasteiger partial charge in [-0.2, -0.15) is 0 Å². The van der Waals surface area contributed by atoms with Gasteiger partial charge in [0.25, 0.3) is 0 Å². The Morgan fingerprint density at radius 1 is 1.16 bits per heavy atom. The first-order valence-electron chi connectivity index (χ1n) is 7.93. The molecule has 0 aromatic heterocycles. The van der Waals surface area contributed by atoms with Crippen LogP contribution in [0.4, 0.5) is 0 Å². The second-order valence-electron chi connectivity index (χ2n) is 5.70. The quantitative estimate of drug-likeness (QED) is 0.731. The zero-order chi connectivity index (χ0) is 14.1. The van der Waals surface area contributed by atoms with Crippen LogP contribution in [0.2, 0.25) is 0 Å². The number of amides is 1. The van der Waals surface area contributed by atoms with Gasteiger partial charge in [0.2, 0.25) is 5.91 Å². The number of rotatable bonds is 8. The third-order valence-electron chi connectivity index (χ3n) is 3.91. The first-order chi connectivity index (χ1) is 9.17. The van der Waals surface area contributed by atoms with Crippen LogP contribution in [0, 0.1) is 0 Å². The summed E-state index contributed by atoms with van der Waals surface area (Å²) in [6, 6.07) is 0.336. The molecular weight excluding hydrogens is 238 g/mol. The minimum absolute atomic E-state index is 0.303. The fourth-order valence-corrected chi connectivity index (χ4v) is 2.46. The number of carbonyl (C=O) groups excluding carboxylic acids is 1. The van der Waals surface area contributed by atoms with Gasteiger partial charge in [-0.25, -0.2) is 0 Å². The van der Waals surface area contributed by atoms with Crippen LogP contribution in [0.25, 0.3) is 0 Å². The number of carbonyl (C=O) groups is 1. The first-order valence-corrected chi connectivity index (χ1v) is 7.93. The molecule has 1 heterocycles. The van der Waals surface area contributed by atoms with E-state index in [9.17, 15) is 4.79 Å². The molecule has 0 aromatic rings. The molecule has 2 N–H and O–H groups in total. The summed E-state index contributed by atoms with van der Waals surface area (Å²) in [5.74, 6) is 0.303. The molecule has 1 fully saturated rings. The van der Waals surface area contributed by atoms with Gasteiger partial charge in [0.15, 0.2) is 0 Å². The predicted molar refractivity (Wildman–Crippen MR) is 80.0 cm³/mol. The zero-order valence-corrected chi connectivity index (χ0v) is 12.7. The van der Waals surface area contributed by atoms with Gasteiger partial charge < -0.3 is 10.6 Å². The Labute approximate surface area is 118 Å². The van der Waals surface area contributed by atoms with E-state index in [0.29, 0.717) is 18.5 Å². The Hall–Kier alpha value is -0.610. The Morgan fingerprint density at radius 3 is 2.16 bits per heavy atom. The fourth-order valence-electron chi connectivity index (χ4n) is 2.46. The monoisotopic (exact) mass is 269 g/mol. The number of hydrogen-bond acceptors (Lipinski definition) is 3. The second kappa shape index (κ2) is 9.32. The van der Waals surface area contributed by atoms with Crippen LogP contribution in [0.15, 0.2) is 0 Å². The molecule has 0 saturated carbocycles. The number of nitrogens with zero attached hydrogens (tertiary/aromatic N) is 2. The van der Waals surface area contributed by atoms with E-state index in [1.807, 2.05) is 0 Å². The van der Waals surface area contributed by atoms with E-state index in [4.69, 9.17) is 5.73 Å². The van der Waals surface area contributed by atoms with Crippen LogP contribution in [0.3, 0.4) is 0 Å². The standard InChI is InChI=1S/C15H31N3O/c1-3-5-9-18(10-6-4-2)15(19)13-17-11-7-14(16)8-12-17/h14H,3-13,16H2,1-2H3. The lowest BCUT2D eigenvalue weighted by atomic mass is 10.1. The van der Waals surface area contributed by atoms with Crippen LogP contribution in [-0.2, 0) is 4.79 Å². The van der Waals surface area contributed by atoms with Crippen molar-refractivity contribution in [2.75, 3.05) is 32.7 Å². The van der Waals surface area contributed by atoms with Gasteiger partial charge in [-0.05, 0) is 25.7 Å². The van der Waals surface area contributed by atoms with Crippen molar-refractivity contribution in [3.63, 3.8) is 0 Å². The number of likely N-dealkylation sites (tertiary alicyclic amines) is 1. The van der Waals surface area contributed by atoms with Crippen molar-refractivity contribution in [2.45, 2.75) is 58.4 Å². The van der Waals surface area contributed by atoms with Crippen LogP contribution in [0.1, 0.15) is 52.4 Å². The lowest BCUT2D eigenvalue weighted by Crippen LogP contribution is -2.46. The van der Waals surface area contributed by atoms with E-state index in [-0.39, 0.29) is 0 Å². The van der Waals surface area contributed by atoms with E-state index in [1.165, 1.54) is 0 Å². The molecule has 1 saturated heterocycles. The SMILES string of the molecule is CCCCN(CCCC)C(=O)CN1CCC(N)CC1. The molecule has 0 bridgehead atoms. The molecule has 4 nitrogen and oxygen atoms in total. The summed E-state index contributed by atoms with van der Waals surface area (Å²) < 4.78 is 0. The van der Waals surface area contributed by atoms with E-state index in [1.54, 1.807) is 0 Å². The minimum atomic E-state index is 0.303. The van der Waals surface area contributed by atoms with E-state index < -0.39 is 0 Å². The second-order valence-corrected chi connectivity index (χ2v) is 5.70. The highest BCUT2D eigenvalue weighted by atomic mass is 16.2. The molecule has 112 valence electrons. The van der Waals surface area contributed by atoms with Crippen molar-refractivity contribution < 1.29 is 4.79 Å². The van der Waals surface area contributed by atoms with Gasteiger partial charge in [-0.1, -0.05) is 26.7 Å². The van der Waals surface area contributed by atoms with Crippen molar-refractivity contribution in [2.24, 2.45) is 5.73 Å². The predicted octanol–water partition coefficient (Wildman–Crippen LogP) is 1.84. The molecule has 1 rings (SSSR count). The Bertz CT molecular complexity index is 242. The van der Waals surface area contributed by atoms with E-state index in [2.05, 4.69) is 23.6 Å². The summed E-state index contributed by atoms with van der Waals surface area (Å²) in [5, 5.41) is 0. The summed E-state index contributed by atoms with van der Waals surface area (Å²) >= 11 is 0. The summed E-state index contributed by atoms with van der Waals surface area (Å²) in [5.41, 5.74) is 5.90. The third kappa shape index (κ3) is 6.39. The van der Waals surface area contributed by atoms with Crippen LogP contribution < -0.4 is 5.73 Å². The topological polar surface area (TPSA) is 49.6 Å². The molecule has 0 spiro atoms.